The summed E-state index contributed by atoms with van der Waals surface area (Å²) in [5, 5.41) is 3.28. The molecule has 0 saturated heterocycles. The number of nitrogen functional groups attached to an aromatic ring is 1. The molecule has 0 radical (unpaired) electrons. The number of aromatic nitrogens is 2. The molecule has 0 spiro atoms. The van der Waals surface area contributed by atoms with Crippen molar-refractivity contribution in [2.75, 3.05) is 23.8 Å². The summed E-state index contributed by atoms with van der Waals surface area (Å²) in [7, 11) is 0. The van der Waals surface area contributed by atoms with E-state index in [1.165, 1.54) is 23.0 Å². The Hall–Kier alpha value is -3.94. The minimum atomic E-state index is -0.247. The monoisotopic (exact) mass is 511 g/mol. The predicted molar refractivity (Wildman–Crippen MR) is 145 cm³/mol. The Morgan fingerprint density at radius 3 is 2.42 bits per heavy atom. The standard InChI is InChI=1S/C30H33N5O3/c31-28-27-29(33-18-32-28)38-14-13-35(30(27)37)25-11-9-21(10-12-25)20-7-5-19(6-8-20)15-26(36)34-24-16-22-3-1-2-4-23(22)17-24/h1-4,9-12,18-20,24H,5-8,13-17H2,(H,34,36)(H2,31,32,33)/t19-,20-. The largest absolute Gasteiger partial charge is 0.475 e. The highest BCUT2D eigenvalue weighted by molar-refractivity contribution is 6.10. The molecular weight excluding hydrogens is 478 g/mol. The fraction of sp³-hybridized carbons (Fsp3) is 0.400. The van der Waals surface area contributed by atoms with Crippen LogP contribution in [0.4, 0.5) is 11.5 Å². The van der Waals surface area contributed by atoms with Gasteiger partial charge in [0.1, 0.15) is 24.3 Å². The molecule has 1 aliphatic heterocycles. The van der Waals surface area contributed by atoms with Crippen LogP contribution in [0.25, 0.3) is 0 Å². The molecule has 2 aromatic carbocycles. The Bertz CT molecular complexity index is 1310. The number of ether oxygens (including phenoxy) is 1. The molecule has 3 aliphatic rings. The minimum Gasteiger partial charge on any atom is -0.475 e. The third-order valence-electron chi connectivity index (χ3n) is 8.27. The summed E-state index contributed by atoms with van der Waals surface area (Å²) in [4.78, 5) is 35.6. The Balaban J connectivity index is 1.02. The van der Waals surface area contributed by atoms with Gasteiger partial charge in [-0.2, -0.15) is 0 Å². The van der Waals surface area contributed by atoms with E-state index < -0.39 is 0 Å². The van der Waals surface area contributed by atoms with Crippen LogP contribution in [0.2, 0.25) is 0 Å². The molecular formula is C30H33N5O3. The van der Waals surface area contributed by atoms with E-state index in [1.807, 2.05) is 12.1 Å². The van der Waals surface area contributed by atoms with Crippen LogP contribution < -0.4 is 20.7 Å². The Morgan fingerprint density at radius 2 is 1.71 bits per heavy atom. The van der Waals surface area contributed by atoms with Gasteiger partial charge in [0.15, 0.2) is 0 Å². The number of nitrogens with two attached hydrogens (primary N) is 1. The Kier molecular flexibility index (Phi) is 6.70. The minimum absolute atomic E-state index is 0.127. The molecule has 1 fully saturated rings. The number of benzene rings is 2. The Morgan fingerprint density at radius 1 is 1.00 bits per heavy atom. The van der Waals surface area contributed by atoms with Crippen molar-refractivity contribution in [3.8, 4) is 5.88 Å². The van der Waals surface area contributed by atoms with Gasteiger partial charge in [-0.1, -0.05) is 36.4 Å². The van der Waals surface area contributed by atoms with Crippen LogP contribution >= 0.6 is 0 Å². The lowest BCUT2D eigenvalue weighted by Crippen LogP contribution is -2.36. The number of fused-ring (bicyclic) bond motifs is 2. The van der Waals surface area contributed by atoms with E-state index in [0.717, 1.165) is 44.2 Å². The zero-order chi connectivity index (χ0) is 26.1. The van der Waals surface area contributed by atoms with Gasteiger partial charge >= 0.3 is 0 Å². The molecule has 3 N–H and O–H groups in total. The highest BCUT2D eigenvalue weighted by Crippen LogP contribution is 2.38. The van der Waals surface area contributed by atoms with Crippen molar-refractivity contribution in [2.45, 2.75) is 56.9 Å². The third kappa shape index (κ3) is 4.95. The summed E-state index contributed by atoms with van der Waals surface area (Å²) < 4.78 is 5.64. The number of carbonyl (C=O) groups excluding carboxylic acids is 2. The zero-order valence-electron chi connectivity index (χ0n) is 21.4. The number of hydrogen-bond donors (Lipinski definition) is 2. The smallest absolute Gasteiger partial charge is 0.267 e. The second-order valence-corrected chi connectivity index (χ2v) is 10.7. The van der Waals surface area contributed by atoms with Gasteiger partial charge in [-0.05, 0) is 79.2 Å². The lowest BCUT2D eigenvalue weighted by atomic mass is 9.77. The summed E-state index contributed by atoms with van der Waals surface area (Å²) in [6, 6.07) is 16.9. The average molecular weight is 512 g/mol. The van der Waals surface area contributed by atoms with Crippen molar-refractivity contribution in [3.63, 3.8) is 0 Å². The third-order valence-corrected chi connectivity index (χ3v) is 8.27. The van der Waals surface area contributed by atoms with Crippen LogP contribution in [-0.2, 0) is 17.6 Å². The highest BCUT2D eigenvalue weighted by Gasteiger charge is 2.30. The van der Waals surface area contributed by atoms with Crippen molar-refractivity contribution >= 4 is 23.3 Å². The van der Waals surface area contributed by atoms with E-state index in [-0.39, 0.29) is 35.1 Å². The van der Waals surface area contributed by atoms with Crippen LogP contribution in [0.1, 0.15) is 65.1 Å². The molecule has 0 bridgehead atoms. The molecule has 1 aromatic heterocycles. The van der Waals surface area contributed by atoms with E-state index in [2.05, 4.69) is 51.7 Å². The summed E-state index contributed by atoms with van der Waals surface area (Å²) in [5.74, 6) is 1.22. The van der Waals surface area contributed by atoms with Crippen molar-refractivity contribution in [2.24, 2.45) is 5.92 Å². The molecule has 0 atom stereocenters. The van der Waals surface area contributed by atoms with Gasteiger partial charge in [-0.25, -0.2) is 9.97 Å². The van der Waals surface area contributed by atoms with E-state index in [9.17, 15) is 9.59 Å². The highest BCUT2D eigenvalue weighted by atomic mass is 16.5. The number of anilines is 2. The van der Waals surface area contributed by atoms with Gasteiger partial charge in [0, 0.05) is 18.2 Å². The number of hydrogen-bond acceptors (Lipinski definition) is 6. The molecule has 3 aromatic rings. The summed E-state index contributed by atoms with van der Waals surface area (Å²) in [5.41, 5.74) is 11.0. The summed E-state index contributed by atoms with van der Waals surface area (Å²) >= 11 is 0. The van der Waals surface area contributed by atoms with Crippen LogP contribution in [0.15, 0.2) is 54.9 Å². The van der Waals surface area contributed by atoms with Gasteiger partial charge in [0.2, 0.25) is 11.8 Å². The second kappa shape index (κ2) is 10.4. The number of carbonyl (C=O) groups is 2. The van der Waals surface area contributed by atoms with Crippen LogP contribution in [-0.4, -0.2) is 41.0 Å². The number of nitrogens with zero attached hydrogens (tertiary/aromatic N) is 3. The fourth-order valence-corrected chi connectivity index (χ4v) is 6.25. The number of amides is 2. The lowest BCUT2D eigenvalue weighted by Gasteiger charge is -2.29. The SMILES string of the molecule is Nc1ncnc2c1C(=O)N(c1ccc([C@H]3CC[C@H](CC(=O)NC4Cc5ccccc5C4)CC3)cc1)CCO2. The van der Waals surface area contributed by atoms with Crippen LogP contribution in [0.5, 0.6) is 5.88 Å². The predicted octanol–water partition coefficient (Wildman–Crippen LogP) is 4.05. The van der Waals surface area contributed by atoms with Crippen molar-refractivity contribution in [1.82, 2.24) is 15.3 Å². The van der Waals surface area contributed by atoms with Gasteiger partial charge in [0.25, 0.3) is 5.91 Å². The van der Waals surface area contributed by atoms with E-state index >= 15 is 0 Å². The molecule has 2 heterocycles. The molecule has 2 aliphatic carbocycles. The number of rotatable bonds is 5. The average Bonchev–Trinajstić information content (AvgIpc) is 3.25. The first-order valence-electron chi connectivity index (χ1n) is 13.6. The molecule has 6 rings (SSSR count). The fourth-order valence-electron chi connectivity index (χ4n) is 6.25. The van der Waals surface area contributed by atoms with Crippen molar-refractivity contribution < 1.29 is 14.3 Å². The quantitative estimate of drug-likeness (QED) is 0.535. The first-order valence-corrected chi connectivity index (χ1v) is 13.6. The topological polar surface area (TPSA) is 110 Å². The summed E-state index contributed by atoms with van der Waals surface area (Å²) in [6.07, 6.45) is 8.07. The van der Waals surface area contributed by atoms with Gasteiger partial charge < -0.3 is 20.7 Å². The van der Waals surface area contributed by atoms with Gasteiger partial charge in [-0.3, -0.25) is 9.59 Å². The maximum absolute atomic E-state index is 13.2. The maximum Gasteiger partial charge on any atom is 0.267 e. The van der Waals surface area contributed by atoms with Gasteiger partial charge in [0.05, 0.1) is 6.54 Å². The first-order chi connectivity index (χ1) is 18.5. The molecule has 1 saturated carbocycles. The summed E-state index contributed by atoms with van der Waals surface area (Å²) in [6.45, 7) is 0.746. The van der Waals surface area contributed by atoms with Crippen LogP contribution in [0, 0.1) is 5.92 Å². The first kappa shape index (κ1) is 24.4. The van der Waals surface area contributed by atoms with Gasteiger partial charge in [-0.15, -0.1) is 0 Å². The maximum atomic E-state index is 13.2. The van der Waals surface area contributed by atoms with Crippen molar-refractivity contribution in [3.05, 3.63) is 77.1 Å². The van der Waals surface area contributed by atoms with E-state index in [0.29, 0.717) is 31.4 Å². The normalized spacial score (nSPS) is 21.3. The van der Waals surface area contributed by atoms with Crippen molar-refractivity contribution in [1.29, 1.82) is 0 Å². The van der Waals surface area contributed by atoms with E-state index in [4.69, 9.17) is 10.5 Å². The molecule has 196 valence electrons. The molecule has 2 amide bonds. The van der Waals surface area contributed by atoms with Crippen LogP contribution in [0.3, 0.4) is 0 Å². The zero-order valence-corrected chi connectivity index (χ0v) is 21.4. The Labute approximate surface area is 222 Å². The number of nitrogens with one attached hydrogen (secondary N) is 1. The molecule has 8 heteroatoms. The van der Waals surface area contributed by atoms with E-state index in [1.54, 1.807) is 4.90 Å². The lowest BCUT2D eigenvalue weighted by molar-refractivity contribution is -0.122. The molecule has 8 nitrogen and oxygen atoms in total. The molecule has 0 unspecified atom stereocenters. The second-order valence-electron chi connectivity index (χ2n) is 10.7. The molecule has 38 heavy (non-hydrogen) atoms.